The van der Waals surface area contributed by atoms with Crippen molar-refractivity contribution in [1.29, 1.82) is 0 Å². The van der Waals surface area contributed by atoms with Crippen LogP contribution in [0.1, 0.15) is 37.7 Å². The molecular weight excluding hydrogens is 320 g/mol. The number of nitrogens with zero attached hydrogens (tertiary/aromatic N) is 3. The van der Waals surface area contributed by atoms with Gasteiger partial charge >= 0.3 is 0 Å². The fraction of sp³-hybridized carbons (Fsp3) is 0.333. The average molecular weight is 340 g/mol. The second kappa shape index (κ2) is 6.51. The first-order chi connectivity index (χ1) is 11.9. The lowest BCUT2D eigenvalue weighted by molar-refractivity contribution is -0.121. The van der Waals surface area contributed by atoms with Crippen LogP contribution in [-0.2, 0) is 11.3 Å². The number of hydrogen-bond acceptors (Lipinski definition) is 4. The summed E-state index contributed by atoms with van der Waals surface area (Å²) >= 11 is 0. The number of carbonyl (C=O) groups excluding carboxylic acids is 3. The molecule has 0 atom stereocenters. The molecule has 130 valence electrons. The predicted octanol–water partition coefficient (Wildman–Crippen LogP) is 1.22. The fourth-order valence-electron chi connectivity index (χ4n) is 2.89. The Morgan fingerprint density at radius 3 is 2.20 bits per heavy atom. The lowest BCUT2D eigenvalue weighted by atomic mass is 10.1. The van der Waals surface area contributed by atoms with E-state index in [1.807, 2.05) is 25.5 Å². The van der Waals surface area contributed by atoms with E-state index in [9.17, 15) is 14.4 Å². The maximum atomic E-state index is 12.2. The summed E-state index contributed by atoms with van der Waals surface area (Å²) < 4.78 is 1.84. The topological polar surface area (TPSA) is 84.3 Å². The van der Waals surface area contributed by atoms with Gasteiger partial charge in [-0.1, -0.05) is 12.1 Å². The molecule has 3 amide bonds. The van der Waals surface area contributed by atoms with Gasteiger partial charge < -0.3 is 5.32 Å². The van der Waals surface area contributed by atoms with Crippen molar-refractivity contribution in [3.63, 3.8) is 0 Å². The molecule has 0 fully saturated rings. The van der Waals surface area contributed by atoms with Crippen molar-refractivity contribution in [2.45, 2.75) is 27.3 Å². The summed E-state index contributed by atoms with van der Waals surface area (Å²) in [5.41, 5.74) is 3.86. The van der Waals surface area contributed by atoms with Crippen LogP contribution >= 0.6 is 0 Å². The average Bonchev–Trinajstić information content (AvgIpc) is 2.98. The summed E-state index contributed by atoms with van der Waals surface area (Å²) in [6, 6.07) is 6.59. The molecule has 0 spiro atoms. The molecule has 1 N–H and O–H groups in total. The van der Waals surface area contributed by atoms with Crippen LogP contribution in [0, 0.1) is 20.8 Å². The Hall–Kier alpha value is -2.96. The van der Waals surface area contributed by atoms with E-state index in [0.717, 1.165) is 21.9 Å². The van der Waals surface area contributed by atoms with Crippen LogP contribution in [0.4, 0.5) is 0 Å². The van der Waals surface area contributed by atoms with Crippen molar-refractivity contribution in [1.82, 2.24) is 20.0 Å². The maximum Gasteiger partial charge on any atom is 0.262 e. The highest BCUT2D eigenvalue weighted by Crippen LogP contribution is 2.21. The maximum absolute atomic E-state index is 12.2. The number of hydrogen-bond donors (Lipinski definition) is 1. The second-order valence-corrected chi connectivity index (χ2v) is 6.11. The first-order valence-electron chi connectivity index (χ1n) is 8.12. The Balaban J connectivity index is 1.56. The van der Waals surface area contributed by atoms with Crippen LogP contribution in [0.5, 0.6) is 0 Å². The second-order valence-electron chi connectivity index (χ2n) is 6.11. The van der Waals surface area contributed by atoms with Crippen LogP contribution in [0.3, 0.4) is 0 Å². The van der Waals surface area contributed by atoms with E-state index in [2.05, 4.69) is 10.4 Å². The highest BCUT2D eigenvalue weighted by Gasteiger charge is 2.36. The molecule has 2 heterocycles. The van der Waals surface area contributed by atoms with E-state index in [1.165, 1.54) is 0 Å². The number of aromatic nitrogens is 2. The molecule has 0 saturated carbocycles. The first kappa shape index (κ1) is 16.9. The number of benzene rings is 1. The monoisotopic (exact) mass is 340 g/mol. The van der Waals surface area contributed by atoms with Crippen molar-refractivity contribution >= 4 is 17.7 Å². The van der Waals surface area contributed by atoms with Crippen LogP contribution in [0.15, 0.2) is 24.3 Å². The molecule has 2 aromatic rings. The van der Waals surface area contributed by atoms with E-state index >= 15 is 0 Å². The minimum absolute atomic E-state index is 0.275. The van der Waals surface area contributed by atoms with Crippen LogP contribution in [0.25, 0.3) is 0 Å². The SMILES string of the molecule is Cc1nn(CCNC(=O)CN2C(=O)c3ccccc3C2=O)c(C)c1C. The van der Waals surface area contributed by atoms with E-state index < -0.39 is 11.8 Å². The summed E-state index contributed by atoms with van der Waals surface area (Å²) in [5.74, 6) is -1.22. The zero-order valence-electron chi connectivity index (χ0n) is 14.5. The van der Waals surface area contributed by atoms with Gasteiger partial charge in [0.1, 0.15) is 6.54 Å². The van der Waals surface area contributed by atoms with E-state index in [-0.39, 0.29) is 12.5 Å². The molecule has 1 aromatic heterocycles. The Morgan fingerprint density at radius 1 is 1.08 bits per heavy atom. The molecule has 0 unspecified atom stereocenters. The van der Waals surface area contributed by atoms with E-state index in [0.29, 0.717) is 24.2 Å². The van der Waals surface area contributed by atoms with Crippen molar-refractivity contribution in [3.05, 3.63) is 52.3 Å². The predicted molar refractivity (Wildman–Crippen MR) is 91.3 cm³/mol. The molecule has 25 heavy (non-hydrogen) atoms. The van der Waals surface area contributed by atoms with Gasteiger partial charge in [0, 0.05) is 12.2 Å². The highest BCUT2D eigenvalue weighted by molar-refractivity contribution is 6.22. The molecule has 0 bridgehead atoms. The van der Waals surface area contributed by atoms with Gasteiger partial charge in [0.2, 0.25) is 5.91 Å². The number of rotatable bonds is 5. The van der Waals surface area contributed by atoms with Gasteiger partial charge in [-0.15, -0.1) is 0 Å². The number of nitrogens with one attached hydrogen (secondary N) is 1. The third-order valence-corrected chi connectivity index (χ3v) is 4.57. The van der Waals surface area contributed by atoms with Crippen molar-refractivity contribution in [3.8, 4) is 0 Å². The lowest BCUT2D eigenvalue weighted by Gasteiger charge is -2.14. The normalized spacial score (nSPS) is 13.3. The summed E-state index contributed by atoms with van der Waals surface area (Å²) in [6.45, 7) is 6.57. The van der Waals surface area contributed by atoms with Gasteiger partial charge in [-0.05, 0) is 38.5 Å². The summed E-state index contributed by atoms with van der Waals surface area (Å²) in [5, 5.41) is 7.14. The highest BCUT2D eigenvalue weighted by atomic mass is 16.2. The fourth-order valence-corrected chi connectivity index (χ4v) is 2.89. The number of carbonyl (C=O) groups is 3. The van der Waals surface area contributed by atoms with Gasteiger partial charge in [0.05, 0.1) is 23.4 Å². The number of fused-ring (bicyclic) bond motifs is 1. The van der Waals surface area contributed by atoms with Crippen LogP contribution < -0.4 is 5.32 Å². The summed E-state index contributed by atoms with van der Waals surface area (Å²) in [4.78, 5) is 37.5. The Morgan fingerprint density at radius 2 is 1.68 bits per heavy atom. The molecule has 0 radical (unpaired) electrons. The molecule has 1 aromatic carbocycles. The molecule has 0 saturated heterocycles. The third kappa shape index (κ3) is 3.05. The minimum atomic E-state index is -0.426. The summed E-state index contributed by atoms with van der Waals surface area (Å²) in [7, 11) is 0. The molecule has 7 nitrogen and oxygen atoms in total. The Bertz CT molecular complexity index is 834. The molecular formula is C18H20N4O3. The largest absolute Gasteiger partial charge is 0.353 e. The molecule has 1 aliphatic rings. The van der Waals surface area contributed by atoms with Gasteiger partial charge in [0.15, 0.2) is 0 Å². The van der Waals surface area contributed by atoms with Gasteiger partial charge in [-0.2, -0.15) is 5.10 Å². The Kier molecular flexibility index (Phi) is 4.39. The molecule has 1 aliphatic heterocycles. The molecule has 0 aliphatic carbocycles. The van der Waals surface area contributed by atoms with Crippen molar-refractivity contribution in [2.24, 2.45) is 0 Å². The van der Waals surface area contributed by atoms with Gasteiger partial charge in [-0.25, -0.2) is 0 Å². The zero-order valence-corrected chi connectivity index (χ0v) is 14.5. The summed E-state index contributed by atoms with van der Waals surface area (Å²) in [6.07, 6.45) is 0. The Labute approximate surface area is 145 Å². The van der Waals surface area contributed by atoms with Gasteiger partial charge in [0.25, 0.3) is 11.8 Å². The van der Waals surface area contributed by atoms with Gasteiger partial charge in [-0.3, -0.25) is 24.0 Å². The lowest BCUT2D eigenvalue weighted by Crippen LogP contribution is -2.41. The first-order valence-corrected chi connectivity index (χ1v) is 8.12. The molecule has 3 rings (SSSR count). The van der Waals surface area contributed by atoms with E-state index in [1.54, 1.807) is 24.3 Å². The number of aryl methyl sites for hydroxylation is 1. The smallest absolute Gasteiger partial charge is 0.262 e. The molecule has 7 heteroatoms. The quantitative estimate of drug-likeness (QED) is 0.830. The zero-order chi connectivity index (χ0) is 18.1. The number of amides is 3. The van der Waals surface area contributed by atoms with Crippen LogP contribution in [-0.4, -0.2) is 45.5 Å². The number of imide groups is 1. The minimum Gasteiger partial charge on any atom is -0.353 e. The van der Waals surface area contributed by atoms with E-state index in [4.69, 9.17) is 0 Å². The van der Waals surface area contributed by atoms with Crippen LogP contribution in [0.2, 0.25) is 0 Å². The third-order valence-electron chi connectivity index (χ3n) is 4.57. The standard InChI is InChI=1S/C18H20N4O3/c1-11-12(2)20-22(13(11)3)9-8-19-16(23)10-21-17(24)14-6-4-5-7-15(14)18(21)25/h4-7H,8-10H2,1-3H3,(H,19,23). The van der Waals surface area contributed by atoms with Crippen molar-refractivity contribution in [2.75, 3.05) is 13.1 Å². The van der Waals surface area contributed by atoms with Crippen molar-refractivity contribution < 1.29 is 14.4 Å².